The number of aliphatic hydroxyl groups is 1. The van der Waals surface area contributed by atoms with Crippen molar-refractivity contribution < 1.29 is 22.7 Å². The van der Waals surface area contributed by atoms with Gasteiger partial charge in [-0.2, -0.15) is 0 Å². The van der Waals surface area contributed by atoms with Crippen LogP contribution in [0.15, 0.2) is 18.2 Å². The summed E-state index contributed by atoms with van der Waals surface area (Å²) in [7, 11) is -3.65. The topological polar surface area (TPSA) is 95.5 Å². The van der Waals surface area contributed by atoms with Gasteiger partial charge in [0.25, 0.3) is 0 Å². The van der Waals surface area contributed by atoms with Crippen LogP contribution >= 0.6 is 24.0 Å². The van der Waals surface area contributed by atoms with Crippen LogP contribution in [0.25, 0.3) is 0 Å². The van der Waals surface area contributed by atoms with Crippen LogP contribution in [-0.4, -0.2) is 50.1 Å². The number of nitrogens with one attached hydrogen (secondary N) is 2. The van der Waals surface area contributed by atoms with Crippen LogP contribution in [0, 0.1) is 5.82 Å². The quantitative estimate of drug-likeness (QED) is 0.672. The largest absolute Gasteiger partial charge is 0.386 e. The number of carbonyl (C=O) groups is 1. The SMILES string of the molecule is CS(=O)(=O)C1(C(=O)NCC(O)c2c(F)cccc2Cl)CCNCC1.Cl. The molecule has 1 fully saturated rings. The van der Waals surface area contributed by atoms with Gasteiger partial charge in [0.1, 0.15) is 11.9 Å². The molecule has 142 valence electrons. The number of sulfone groups is 1. The Labute approximate surface area is 157 Å². The molecular weight excluding hydrogens is 394 g/mol. The average molecular weight is 415 g/mol. The molecule has 10 heteroatoms. The zero-order chi connectivity index (χ0) is 18.0. The predicted molar refractivity (Wildman–Crippen MR) is 96.3 cm³/mol. The smallest absolute Gasteiger partial charge is 0.241 e. The molecule has 3 N–H and O–H groups in total. The van der Waals surface area contributed by atoms with Gasteiger partial charge in [-0.15, -0.1) is 12.4 Å². The minimum atomic E-state index is -3.65. The van der Waals surface area contributed by atoms with Crippen LogP contribution in [0.5, 0.6) is 0 Å². The molecule has 0 saturated carbocycles. The van der Waals surface area contributed by atoms with Gasteiger partial charge in [-0.25, -0.2) is 12.8 Å². The first-order valence-corrected chi connectivity index (χ1v) is 9.76. The Morgan fingerprint density at radius 2 is 2.04 bits per heavy atom. The van der Waals surface area contributed by atoms with Crippen LogP contribution in [-0.2, 0) is 14.6 Å². The van der Waals surface area contributed by atoms with Crippen LogP contribution in [0.4, 0.5) is 4.39 Å². The molecule has 1 aliphatic rings. The Morgan fingerprint density at radius 3 is 2.56 bits per heavy atom. The lowest BCUT2D eigenvalue weighted by Crippen LogP contribution is -2.57. The molecule has 0 aromatic heterocycles. The molecule has 1 amide bonds. The van der Waals surface area contributed by atoms with E-state index in [2.05, 4.69) is 10.6 Å². The molecule has 1 saturated heterocycles. The van der Waals surface area contributed by atoms with Crippen LogP contribution in [0.3, 0.4) is 0 Å². The van der Waals surface area contributed by atoms with E-state index >= 15 is 0 Å². The Morgan fingerprint density at radius 1 is 1.44 bits per heavy atom. The predicted octanol–water partition coefficient (Wildman–Crippen LogP) is 1.22. The van der Waals surface area contributed by atoms with E-state index in [9.17, 15) is 22.7 Å². The van der Waals surface area contributed by atoms with Crippen molar-refractivity contribution in [2.45, 2.75) is 23.7 Å². The van der Waals surface area contributed by atoms with Crippen LogP contribution in [0.2, 0.25) is 5.02 Å². The van der Waals surface area contributed by atoms with Gasteiger partial charge in [0.2, 0.25) is 5.91 Å². The molecule has 1 aliphatic heterocycles. The fourth-order valence-corrected chi connectivity index (χ4v) is 4.52. The zero-order valence-corrected chi connectivity index (χ0v) is 16.0. The summed E-state index contributed by atoms with van der Waals surface area (Å²) in [5, 5.41) is 15.6. The third-order valence-electron chi connectivity index (χ3n) is 4.32. The molecule has 1 unspecified atom stereocenters. The zero-order valence-electron chi connectivity index (χ0n) is 13.6. The monoisotopic (exact) mass is 414 g/mol. The van der Waals surface area contributed by atoms with Crippen LogP contribution in [0.1, 0.15) is 24.5 Å². The van der Waals surface area contributed by atoms with E-state index in [0.717, 1.165) is 12.3 Å². The first-order valence-electron chi connectivity index (χ1n) is 7.49. The van der Waals surface area contributed by atoms with Crippen molar-refractivity contribution in [3.63, 3.8) is 0 Å². The second-order valence-corrected chi connectivity index (χ2v) is 8.61. The highest BCUT2D eigenvalue weighted by Gasteiger charge is 2.48. The maximum Gasteiger partial charge on any atom is 0.241 e. The lowest BCUT2D eigenvalue weighted by Gasteiger charge is -2.34. The third kappa shape index (κ3) is 4.62. The fourth-order valence-electron chi connectivity index (χ4n) is 2.88. The first-order chi connectivity index (χ1) is 11.2. The van der Waals surface area contributed by atoms with E-state index in [1.165, 1.54) is 12.1 Å². The van der Waals surface area contributed by atoms with Gasteiger partial charge in [0.05, 0.1) is 0 Å². The number of hydrogen-bond acceptors (Lipinski definition) is 5. The number of hydrogen-bond donors (Lipinski definition) is 3. The first kappa shape index (κ1) is 22.1. The van der Waals surface area contributed by atoms with Crippen molar-refractivity contribution in [1.29, 1.82) is 0 Å². The van der Waals surface area contributed by atoms with E-state index in [1.54, 1.807) is 0 Å². The second kappa shape index (κ2) is 8.64. The minimum absolute atomic E-state index is 0. The molecule has 1 heterocycles. The number of halogens is 3. The number of amides is 1. The van der Waals surface area contributed by atoms with Gasteiger partial charge < -0.3 is 15.7 Å². The van der Waals surface area contributed by atoms with Crippen molar-refractivity contribution in [2.24, 2.45) is 0 Å². The van der Waals surface area contributed by atoms with Crippen molar-refractivity contribution in [3.05, 3.63) is 34.6 Å². The summed E-state index contributed by atoms with van der Waals surface area (Å²) in [4.78, 5) is 12.5. The molecule has 1 aromatic carbocycles. The summed E-state index contributed by atoms with van der Waals surface area (Å²) >= 11 is 5.87. The van der Waals surface area contributed by atoms with Crippen molar-refractivity contribution in [3.8, 4) is 0 Å². The summed E-state index contributed by atoms with van der Waals surface area (Å²) in [5.41, 5.74) is -0.127. The average Bonchev–Trinajstić information content (AvgIpc) is 2.52. The Hall–Kier alpha value is -0.930. The summed E-state index contributed by atoms with van der Waals surface area (Å²) in [6.07, 6.45) is -0.0502. The second-order valence-electron chi connectivity index (χ2n) is 5.88. The molecule has 25 heavy (non-hydrogen) atoms. The van der Waals surface area contributed by atoms with E-state index in [1.807, 2.05) is 0 Å². The lowest BCUT2D eigenvalue weighted by atomic mass is 9.95. The van der Waals surface area contributed by atoms with Gasteiger partial charge in [-0.3, -0.25) is 4.79 Å². The van der Waals surface area contributed by atoms with E-state index < -0.39 is 32.4 Å². The highest BCUT2D eigenvalue weighted by atomic mass is 35.5. The van der Waals surface area contributed by atoms with Crippen molar-refractivity contribution in [2.75, 3.05) is 25.9 Å². The number of carbonyl (C=O) groups excluding carboxylic acids is 1. The normalized spacial score (nSPS) is 18.1. The van der Waals surface area contributed by atoms with Gasteiger partial charge in [0.15, 0.2) is 14.6 Å². The number of benzene rings is 1. The molecule has 2 rings (SSSR count). The Kier molecular flexibility index (Phi) is 7.64. The lowest BCUT2D eigenvalue weighted by molar-refractivity contribution is -0.124. The van der Waals surface area contributed by atoms with Crippen molar-refractivity contribution in [1.82, 2.24) is 10.6 Å². The minimum Gasteiger partial charge on any atom is -0.386 e. The van der Waals surface area contributed by atoms with Crippen molar-refractivity contribution >= 4 is 39.8 Å². The maximum atomic E-state index is 13.8. The van der Waals surface area contributed by atoms with Gasteiger partial charge in [0, 0.05) is 23.4 Å². The summed E-state index contributed by atoms with van der Waals surface area (Å²) in [5.74, 6) is -1.37. The number of rotatable bonds is 5. The number of aliphatic hydroxyl groups excluding tert-OH is 1. The molecule has 6 nitrogen and oxygen atoms in total. The standard InChI is InChI=1S/C15H20ClFN2O4S.ClH/c1-24(22,23)15(5-7-18-8-6-15)14(21)19-9-12(20)13-10(16)3-2-4-11(13)17;/h2-4,12,18,20H,5-9H2,1H3,(H,19,21);1H. The summed E-state index contributed by atoms with van der Waals surface area (Å²) in [6.45, 7) is 0.481. The van der Waals surface area contributed by atoms with E-state index in [4.69, 9.17) is 11.6 Å². The molecular formula is C15H21Cl2FN2O4S. The highest BCUT2D eigenvalue weighted by molar-refractivity contribution is 7.92. The molecule has 1 aromatic rings. The Balaban J connectivity index is 0.00000312. The summed E-state index contributed by atoms with van der Waals surface area (Å²) in [6, 6.07) is 3.98. The van der Waals surface area contributed by atoms with E-state index in [-0.39, 0.29) is 42.4 Å². The number of piperidine rings is 1. The van der Waals surface area contributed by atoms with Gasteiger partial charge in [-0.05, 0) is 38.1 Å². The van der Waals surface area contributed by atoms with Gasteiger partial charge >= 0.3 is 0 Å². The van der Waals surface area contributed by atoms with Crippen LogP contribution < -0.4 is 10.6 Å². The fraction of sp³-hybridized carbons (Fsp3) is 0.533. The third-order valence-corrected chi connectivity index (χ3v) is 6.67. The molecule has 0 bridgehead atoms. The molecule has 0 spiro atoms. The molecule has 0 radical (unpaired) electrons. The molecule has 1 atom stereocenters. The van der Waals surface area contributed by atoms with E-state index in [0.29, 0.717) is 13.1 Å². The highest BCUT2D eigenvalue weighted by Crippen LogP contribution is 2.29. The molecule has 0 aliphatic carbocycles. The Bertz CT molecular complexity index is 704. The summed E-state index contributed by atoms with van der Waals surface area (Å²) < 4.78 is 36.5. The van der Waals surface area contributed by atoms with Gasteiger partial charge in [-0.1, -0.05) is 17.7 Å². The maximum absolute atomic E-state index is 13.8.